The summed E-state index contributed by atoms with van der Waals surface area (Å²) in [7, 11) is 0. The normalized spacial score (nSPS) is 9.75. The van der Waals surface area contributed by atoms with Crippen LogP contribution in [0, 0.1) is 25.7 Å². The SMILES string of the molecule is Cc1cc(NC(=O)c2sccc2C)ccc1C#CCO. The maximum atomic E-state index is 12.1. The molecule has 1 aromatic carbocycles. The summed E-state index contributed by atoms with van der Waals surface area (Å²) < 4.78 is 0. The van der Waals surface area contributed by atoms with Crippen LogP contribution >= 0.6 is 11.3 Å². The number of aliphatic hydroxyl groups is 1. The van der Waals surface area contributed by atoms with Crippen LogP contribution in [0.2, 0.25) is 0 Å². The zero-order valence-electron chi connectivity index (χ0n) is 11.4. The second kappa shape index (κ2) is 6.38. The molecule has 0 atom stereocenters. The summed E-state index contributed by atoms with van der Waals surface area (Å²) in [6, 6.07) is 7.46. The van der Waals surface area contributed by atoms with E-state index in [-0.39, 0.29) is 12.5 Å². The van der Waals surface area contributed by atoms with E-state index in [0.29, 0.717) is 0 Å². The highest BCUT2D eigenvalue weighted by molar-refractivity contribution is 7.12. The smallest absolute Gasteiger partial charge is 0.265 e. The van der Waals surface area contributed by atoms with E-state index in [0.717, 1.165) is 27.3 Å². The fraction of sp³-hybridized carbons (Fsp3) is 0.188. The molecule has 4 heteroatoms. The molecular weight excluding hydrogens is 270 g/mol. The number of carbonyl (C=O) groups excluding carboxylic acids is 1. The van der Waals surface area contributed by atoms with E-state index in [1.54, 1.807) is 0 Å². The van der Waals surface area contributed by atoms with E-state index in [9.17, 15) is 4.79 Å². The van der Waals surface area contributed by atoms with Gasteiger partial charge in [0, 0.05) is 11.3 Å². The van der Waals surface area contributed by atoms with Gasteiger partial charge in [-0.2, -0.15) is 0 Å². The standard InChI is InChI=1S/C16H15NO2S/c1-11-7-9-20-15(11)16(19)17-14-6-5-13(4-3-8-18)12(2)10-14/h5-7,9-10,18H,8H2,1-2H3,(H,17,19). The molecule has 0 aliphatic carbocycles. The van der Waals surface area contributed by atoms with Crippen molar-refractivity contribution in [2.45, 2.75) is 13.8 Å². The molecule has 0 saturated heterocycles. The van der Waals surface area contributed by atoms with Gasteiger partial charge in [0.2, 0.25) is 0 Å². The van der Waals surface area contributed by atoms with Gasteiger partial charge in [0.1, 0.15) is 6.61 Å². The lowest BCUT2D eigenvalue weighted by molar-refractivity contribution is 0.103. The maximum Gasteiger partial charge on any atom is 0.265 e. The molecule has 0 aliphatic rings. The monoisotopic (exact) mass is 285 g/mol. The largest absolute Gasteiger partial charge is 0.384 e. The van der Waals surface area contributed by atoms with Crippen molar-refractivity contribution < 1.29 is 9.90 Å². The molecule has 0 radical (unpaired) electrons. The van der Waals surface area contributed by atoms with Crippen molar-refractivity contribution in [3.63, 3.8) is 0 Å². The van der Waals surface area contributed by atoms with Crippen LogP contribution in [-0.2, 0) is 0 Å². The second-order valence-electron chi connectivity index (χ2n) is 4.38. The van der Waals surface area contributed by atoms with Crippen LogP contribution in [0.5, 0.6) is 0 Å². The van der Waals surface area contributed by atoms with Crippen molar-refractivity contribution in [3.8, 4) is 11.8 Å². The minimum absolute atomic E-state index is 0.0916. The van der Waals surface area contributed by atoms with Crippen molar-refractivity contribution in [2.75, 3.05) is 11.9 Å². The van der Waals surface area contributed by atoms with Gasteiger partial charge in [0.15, 0.2) is 0 Å². The highest BCUT2D eigenvalue weighted by Crippen LogP contribution is 2.19. The van der Waals surface area contributed by atoms with Gasteiger partial charge in [-0.15, -0.1) is 11.3 Å². The number of hydrogen-bond donors (Lipinski definition) is 2. The van der Waals surface area contributed by atoms with E-state index in [1.165, 1.54) is 11.3 Å². The van der Waals surface area contributed by atoms with E-state index >= 15 is 0 Å². The third-order valence-corrected chi connectivity index (χ3v) is 3.87. The average molecular weight is 285 g/mol. The Kier molecular flexibility index (Phi) is 4.57. The van der Waals surface area contributed by atoms with Gasteiger partial charge >= 0.3 is 0 Å². The molecule has 0 unspecified atom stereocenters. The van der Waals surface area contributed by atoms with Crippen LogP contribution in [0.4, 0.5) is 5.69 Å². The van der Waals surface area contributed by atoms with Crippen molar-refractivity contribution in [1.82, 2.24) is 0 Å². The van der Waals surface area contributed by atoms with Crippen LogP contribution in [-0.4, -0.2) is 17.6 Å². The molecule has 20 heavy (non-hydrogen) atoms. The predicted octanol–water partition coefficient (Wildman–Crippen LogP) is 2.96. The number of anilines is 1. The van der Waals surface area contributed by atoms with Crippen LogP contribution in [0.1, 0.15) is 26.4 Å². The van der Waals surface area contributed by atoms with Crippen molar-refractivity contribution in [1.29, 1.82) is 0 Å². The molecule has 0 bridgehead atoms. The Bertz CT molecular complexity index is 692. The molecule has 0 saturated carbocycles. The highest BCUT2D eigenvalue weighted by atomic mass is 32.1. The van der Waals surface area contributed by atoms with Gasteiger partial charge in [-0.25, -0.2) is 0 Å². The van der Waals surface area contributed by atoms with Crippen LogP contribution in [0.25, 0.3) is 0 Å². The third-order valence-electron chi connectivity index (χ3n) is 2.85. The first kappa shape index (κ1) is 14.3. The molecule has 1 heterocycles. The van der Waals surface area contributed by atoms with Gasteiger partial charge in [-0.1, -0.05) is 11.8 Å². The van der Waals surface area contributed by atoms with Gasteiger partial charge in [0.25, 0.3) is 5.91 Å². The summed E-state index contributed by atoms with van der Waals surface area (Å²) in [5.74, 6) is 5.39. The molecule has 3 nitrogen and oxygen atoms in total. The van der Waals surface area contributed by atoms with E-state index in [4.69, 9.17) is 5.11 Å². The van der Waals surface area contributed by atoms with Crippen LogP contribution in [0.15, 0.2) is 29.6 Å². The maximum absolute atomic E-state index is 12.1. The van der Waals surface area contributed by atoms with Crippen LogP contribution in [0.3, 0.4) is 0 Å². The quantitative estimate of drug-likeness (QED) is 0.833. The zero-order chi connectivity index (χ0) is 14.5. The number of thiophene rings is 1. The molecule has 2 aromatic rings. The van der Waals surface area contributed by atoms with Crippen molar-refractivity contribution in [3.05, 3.63) is 51.2 Å². The molecule has 0 aliphatic heterocycles. The van der Waals surface area contributed by atoms with Crippen molar-refractivity contribution in [2.24, 2.45) is 0 Å². The number of hydrogen-bond acceptors (Lipinski definition) is 3. The Labute approximate surface area is 122 Å². The molecule has 102 valence electrons. The first-order valence-electron chi connectivity index (χ1n) is 6.17. The van der Waals surface area contributed by atoms with Crippen LogP contribution < -0.4 is 5.32 Å². The number of carbonyl (C=O) groups is 1. The molecule has 1 aromatic heterocycles. The molecule has 1 amide bonds. The summed E-state index contributed by atoms with van der Waals surface area (Å²) in [6.45, 7) is 3.69. The fourth-order valence-corrected chi connectivity index (χ4v) is 2.63. The molecule has 2 rings (SSSR count). The number of nitrogens with one attached hydrogen (secondary N) is 1. The molecule has 0 fully saturated rings. The number of rotatable bonds is 2. The van der Waals surface area contributed by atoms with E-state index < -0.39 is 0 Å². The summed E-state index contributed by atoms with van der Waals surface area (Å²) >= 11 is 1.43. The third kappa shape index (κ3) is 3.27. The number of benzene rings is 1. The Morgan fingerprint density at radius 2 is 2.10 bits per heavy atom. The van der Waals surface area contributed by atoms with Gasteiger partial charge in [-0.3, -0.25) is 4.79 Å². The zero-order valence-corrected chi connectivity index (χ0v) is 12.2. The lowest BCUT2D eigenvalue weighted by atomic mass is 10.1. The van der Waals surface area contributed by atoms with E-state index in [2.05, 4.69) is 17.2 Å². The van der Waals surface area contributed by atoms with E-state index in [1.807, 2.05) is 43.5 Å². The van der Waals surface area contributed by atoms with Gasteiger partial charge in [0.05, 0.1) is 4.88 Å². The summed E-state index contributed by atoms with van der Waals surface area (Å²) in [5.41, 5.74) is 3.54. The Morgan fingerprint density at radius 1 is 1.30 bits per heavy atom. The number of aliphatic hydroxyl groups excluding tert-OH is 1. The fourth-order valence-electron chi connectivity index (χ4n) is 1.81. The lowest BCUT2D eigenvalue weighted by Gasteiger charge is -2.07. The minimum atomic E-state index is -0.157. The Balaban J connectivity index is 2.17. The summed E-state index contributed by atoms with van der Waals surface area (Å²) in [5, 5.41) is 13.5. The molecular formula is C16H15NO2S. The first-order chi connectivity index (χ1) is 9.61. The van der Waals surface area contributed by atoms with Gasteiger partial charge in [-0.05, 0) is 54.6 Å². The van der Waals surface area contributed by atoms with Gasteiger partial charge < -0.3 is 10.4 Å². The molecule has 2 N–H and O–H groups in total. The highest BCUT2D eigenvalue weighted by Gasteiger charge is 2.10. The minimum Gasteiger partial charge on any atom is -0.384 e. The number of aryl methyl sites for hydroxylation is 2. The Hall–Kier alpha value is -2.09. The average Bonchev–Trinajstić information content (AvgIpc) is 2.84. The number of amides is 1. The molecule has 0 spiro atoms. The lowest BCUT2D eigenvalue weighted by Crippen LogP contribution is -2.11. The summed E-state index contributed by atoms with van der Waals surface area (Å²) in [6.07, 6.45) is 0. The summed E-state index contributed by atoms with van der Waals surface area (Å²) in [4.78, 5) is 12.8. The van der Waals surface area contributed by atoms with Crippen molar-refractivity contribution >= 4 is 22.9 Å². The Morgan fingerprint density at radius 3 is 2.70 bits per heavy atom. The topological polar surface area (TPSA) is 49.3 Å². The first-order valence-corrected chi connectivity index (χ1v) is 7.05. The second-order valence-corrected chi connectivity index (χ2v) is 5.29. The predicted molar refractivity (Wildman–Crippen MR) is 82.2 cm³/mol.